The molecule has 0 saturated heterocycles. The van der Waals surface area contributed by atoms with Gasteiger partial charge in [0, 0.05) is 11.9 Å². The summed E-state index contributed by atoms with van der Waals surface area (Å²) in [6.07, 6.45) is 1.52. The second-order valence-corrected chi connectivity index (χ2v) is 4.53. The van der Waals surface area contributed by atoms with Crippen molar-refractivity contribution in [2.45, 2.75) is 20.8 Å². The summed E-state index contributed by atoms with van der Waals surface area (Å²) < 4.78 is 4.92. The summed E-state index contributed by atoms with van der Waals surface area (Å²) in [5.41, 5.74) is 3.88. The minimum atomic E-state index is -0.349. The lowest BCUT2D eigenvalue weighted by Crippen LogP contribution is -2.05. The smallest absolute Gasteiger partial charge is 0.339 e. The van der Waals surface area contributed by atoms with Gasteiger partial charge < -0.3 is 10.1 Å². The number of aromatic nitrogens is 1. The first-order valence-electron chi connectivity index (χ1n) is 6.58. The minimum absolute atomic E-state index is 0.349. The summed E-state index contributed by atoms with van der Waals surface area (Å²) in [5.74, 6) is 0.352. The number of esters is 1. The predicted molar refractivity (Wildman–Crippen MR) is 79.4 cm³/mol. The average Bonchev–Trinajstić information content (AvgIpc) is 2.45. The lowest BCUT2D eigenvalue weighted by atomic mass is 10.1. The first-order valence-corrected chi connectivity index (χ1v) is 6.58. The van der Waals surface area contributed by atoms with Crippen LogP contribution in [0.15, 0.2) is 36.5 Å². The molecule has 0 aliphatic rings. The second-order valence-electron chi connectivity index (χ2n) is 4.53. The van der Waals surface area contributed by atoms with E-state index in [0.29, 0.717) is 18.0 Å². The van der Waals surface area contributed by atoms with Gasteiger partial charge in [-0.25, -0.2) is 9.78 Å². The van der Waals surface area contributed by atoms with E-state index >= 15 is 0 Å². The molecule has 0 amide bonds. The first kappa shape index (κ1) is 14.1. The Balaban J connectivity index is 2.15. The third-order valence-electron chi connectivity index (χ3n) is 3.14. The molecule has 0 saturated carbocycles. The van der Waals surface area contributed by atoms with Crippen LogP contribution in [0.4, 0.5) is 11.5 Å². The molecule has 0 unspecified atom stereocenters. The predicted octanol–water partition coefficient (Wildman–Crippen LogP) is 3.62. The number of ether oxygens (including phenoxy) is 1. The first-order chi connectivity index (χ1) is 9.61. The molecule has 0 bridgehead atoms. The fourth-order valence-electron chi connectivity index (χ4n) is 1.83. The van der Waals surface area contributed by atoms with Crippen molar-refractivity contribution in [2.75, 3.05) is 11.9 Å². The lowest BCUT2D eigenvalue weighted by molar-refractivity contribution is 0.0526. The van der Waals surface area contributed by atoms with Crippen molar-refractivity contribution >= 4 is 17.5 Å². The fraction of sp³-hybridized carbons (Fsp3) is 0.250. The van der Waals surface area contributed by atoms with Gasteiger partial charge in [0.1, 0.15) is 5.82 Å². The van der Waals surface area contributed by atoms with Crippen LogP contribution in [0.5, 0.6) is 0 Å². The summed E-state index contributed by atoms with van der Waals surface area (Å²) in [5, 5.41) is 3.25. The number of aryl methyl sites for hydroxylation is 1. The number of benzene rings is 1. The average molecular weight is 270 g/mol. The van der Waals surface area contributed by atoms with Crippen LogP contribution in [-0.2, 0) is 4.74 Å². The van der Waals surface area contributed by atoms with Gasteiger partial charge in [-0.3, -0.25) is 0 Å². The van der Waals surface area contributed by atoms with Crippen LogP contribution in [0.25, 0.3) is 0 Å². The molecule has 1 aromatic carbocycles. The monoisotopic (exact) mass is 270 g/mol. The fourth-order valence-corrected chi connectivity index (χ4v) is 1.83. The molecule has 1 aromatic heterocycles. The van der Waals surface area contributed by atoms with Crippen molar-refractivity contribution in [3.63, 3.8) is 0 Å². The summed E-state index contributed by atoms with van der Waals surface area (Å²) in [6, 6.07) is 9.55. The number of nitrogens with one attached hydrogen (secondary N) is 1. The van der Waals surface area contributed by atoms with E-state index in [1.807, 2.05) is 12.1 Å². The van der Waals surface area contributed by atoms with Crippen molar-refractivity contribution in [2.24, 2.45) is 0 Å². The third kappa shape index (κ3) is 3.15. The highest BCUT2D eigenvalue weighted by Crippen LogP contribution is 2.21. The molecule has 0 aliphatic heterocycles. The molecule has 4 nitrogen and oxygen atoms in total. The van der Waals surface area contributed by atoms with Crippen molar-refractivity contribution < 1.29 is 9.53 Å². The number of pyridine rings is 1. The molecule has 0 atom stereocenters. The molecule has 4 heteroatoms. The highest BCUT2D eigenvalue weighted by atomic mass is 16.5. The summed E-state index contributed by atoms with van der Waals surface area (Å²) >= 11 is 0. The molecule has 104 valence electrons. The standard InChI is InChI=1S/C16H18N2O2/c1-4-20-16(19)13-8-9-15(17-10-13)18-14-7-5-6-11(2)12(14)3/h5-10H,4H2,1-3H3,(H,17,18). The molecular weight excluding hydrogens is 252 g/mol. The number of rotatable bonds is 4. The topological polar surface area (TPSA) is 51.2 Å². The van der Waals surface area contributed by atoms with Crippen LogP contribution in [0.3, 0.4) is 0 Å². The number of carbonyl (C=O) groups excluding carboxylic acids is 1. The normalized spacial score (nSPS) is 10.2. The van der Waals surface area contributed by atoms with E-state index < -0.39 is 0 Å². The van der Waals surface area contributed by atoms with E-state index in [1.165, 1.54) is 17.3 Å². The Morgan fingerprint density at radius 2 is 2.05 bits per heavy atom. The molecule has 0 aliphatic carbocycles. The molecule has 0 radical (unpaired) electrons. The van der Waals surface area contributed by atoms with Gasteiger partial charge in [-0.2, -0.15) is 0 Å². The van der Waals surface area contributed by atoms with Gasteiger partial charge in [0.05, 0.1) is 12.2 Å². The van der Waals surface area contributed by atoms with Crippen LogP contribution in [0.1, 0.15) is 28.4 Å². The molecule has 0 spiro atoms. The summed E-state index contributed by atoms with van der Waals surface area (Å²) in [7, 11) is 0. The van der Waals surface area contributed by atoms with E-state index in [9.17, 15) is 4.79 Å². The molecule has 20 heavy (non-hydrogen) atoms. The van der Waals surface area contributed by atoms with Crippen molar-refractivity contribution in [1.29, 1.82) is 0 Å². The van der Waals surface area contributed by atoms with Crippen LogP contribution >= 0.6 is 0 Å². The van der Waals surface area contributed by atoms with Gasteiger partial charge in [0.15, 0.2) is 0 Å². The van der Waals surface area contributed by atoms with Crippen LogP contribution in [-0.4, -0.2) is 17.6 Å². The highest BCUT2D eigenvalue weighted by molar-refractivity contribution is 5.89. The van der Waals surface area contributed by atoms with Gasteiger partial charge in [-0.1, -0.05) is 12.1 Å². The molecular formula is C16H18N2O2. The SMILES string of the molecule is CCOC(=O)c1ccc(Nc2cccc(C)c2C)nc1. The van der Waals surface area contributed by atoms with E-state index in [1.54, 1.807) is 19.1 Å². The number of carbonyl (C=O) groups is 1. The van der Waals surface area contributed by atoms with Crippen LogP contribution in [0.2, 0.25) is 0 Å². The maximum Gasteiger partial charge on any atom is 0.339 e. The van der Waals surface area contributed by atoms with Crippen molar-refractivity contribution in [3.05, 3.63) is 53.2 Å². The largest absolute Gasteiger partial charge is 0.462 e. The van der Waals surface area contributed by atoms with Crippen LogP contribution < -0.4 is 5.32 Å². The van der Waals surface area contributed by atoms with Crippen molar-refractivity contribution in [1.82, 2.24) is 4.98 Å². The number of anilines is 2. The van der Waals surface area contributed by atoms with Gasteiger partial charge >= 0.3 is 5.97 Å². The number of nitrogens with zero attached hydrogens (tertiary/aromatic N) is 1. The van der Waals surface area contributed by atoms with Crippen LogP contribution in [0, 0.1) is 13.8 Å². The quantitative estimate of drug-likeness (QED) is 0.862. The molecule has 2 rings (SSSR count). The number of hydrogen-bond acceptors (Lipinski definition) is 4. The lowest BCUT2D eigenvalue weighted by Gasteiger charge is -2.11. The van der Waals surface area contributed by atoms with E-state index in [0.717, 1.165) is 5.69 Å². The Kier molecular flexibility index (Phi) is 4.35. The zero-order valence-corrected chi connectivity index (χ0v) is 11.9. The van der Waals surface area contributed by atoms with E-state index in [4.69, 9.17) is 4.74 Å². The maximum atomic E-state index is 11.5. The molecule has 0 fully saturated rings. The molecule has 1 N–H and O–H groups in total. The van der Waals surface area contributed by atoms with E-state index in [2.05, 4.69) is 30.2 Å². The Hall–Kier alpha value is -2.36. The van der Waals surface area contributed by atoms with Gasteiger partial charge in [0.2, 0.25) is 0 Å². The van der Waals surface area contributed by atoms with E-state index in [-0.39, 0.29) is 5.97 Å². The Bertz CT molecular complexity index is 606. The third-order valence-corrected chi connectivity index (χ3v) is 3.14. The Labute approximate surface area is 118 Å². The van der Waals surface area contributed by atoms with Gasteiger partial charge in [-0.15, -0.1) is 0 Å². The minimum Gasteiger partial charge on any atom is -0.462 e. The Morgan fingerprint density at radius 1 is 1.25 bits per heavy atom. The summed E-state index contributed by atoms with van der Waals surface area (Å²) in [4.78, 5) is 15.8. The van der Waals surface area contributed by atoms with Gasteiger partial charge in [-0.05, 0) is 50.1 Å². The second kappa shape index (κ2) is 6.19. The molecule has 1 heterocycles. The Morgan fingerprint density at radius 3 is 2.70 bits per heavy atom. The highest BCUT2D eigenvalue weighted by Gasteiger charge is 2.07. The number of hydrogen-bond donors (Lipinski definition) is 1. The maximum absolute atomic E-state index is 11.5. The van der Waals surface area contributed by atoms with Gasteiger partial charge in [0.25, 0.3) is 0 Å². The summed E-state index contributed by atoms with van der Waals surface area (Å²) in [6.45, 7) is 6.27. The zero-order valence-electron chi connectivity index (χ0n) is 11.9. The molecule has 2 aromatic rings. The zero-order chi connectivity index (χ0) is 14.5. The van der Waals surface area contributed by atoms with Crippen molar-refractivity contribution in [3.8, 4) is 0 Å².